The Hall–Kier alpha value is -1.02. The maximum absolute atomic E-state index is 9.42. The molecule has 0 heterocycles. The summed E-state index contributed by atoms with van der Waals surface area (Å²) in [4.78, 5) is 0. The first-order valence-electron chi connectivity index (χ1n) is 5.12. The van der Waals surface area contributed by atoms with Crippen LogP contribution in [0.4, 0.5) is 5.69 Å². The molecule has 0 radical (unpaired) electrons. The fourth-order valence-electron chi connectivity index (χ4n) is 1.30. The first-order valence-corrected chi connectivity index (χ1v) is 5.12. The number of aliphatic hydroxyl groups excluding tert-OH is 1. The monoisotopic (exact) mass is 193 g/mol. The molecule has 2 heteroatoms. The standard InChI is InChI=1S/C12H19NO/c1-4-11(14)8-13-12-7-9(2)5-6-10(12)3/h5-7,11,13-14H,4,8H2,1-3H3/t11-/m1/s1. The van der Waals surface area contributed by atoms with E-state index in [2.05, 4.69) is 37.4 Å². The second kappa shape index (κ2) is 5.01. The largest absolute Gasteiger partial charge is 0.391 e. The van der Waals surface area contributed by atoms with Gasteiger partial charge in [-0.2, -0.15) is 0 Å². The molecule has 1 atom stereocenters. The molecule has 0 saturated carbocycles. The molecule has 0 aliphatic heterocycles. The van der Waals surface area contributed by atoms with Crippen LogP contribution in [-0.4, -0.2) is 17.8 Å². The summed E-state index contributed by atoms with van der Waals surface area (Å²) < 4.78 is 0. The molecular weight excluding hydrogens is 174 g/mol. The van der Waals surface area contributed by atoms with Gasteiger partial charge in [-0.15, -0.1) is 0 Å². The van der Waals surface area contributed by atoms with E-state index in [0.717, 1.165) is 12.1 Å². The molecule has 0 amide bonds. The molecule has 1 aromatic rings. The van der Waals surface area contributed by atoms with Crippen LogP contribution in [0.25, 0.3) is 0 Å². The summed E-state index contributed by atoms with van der Waals surface area (Å²) in [6.07, 6.45) is 0.535. The van der Waals surface area contributed by atoms with Crippen molar-refractivity contribution in [3.05, 3.63) is 29.3 Å². The highest BCUT2D eigenvalue weighted by atomic mass is 16.3. The first-order chi connectivity index (χ1) is 6.63. The van der Waals surface area contributed by atoms with Crippen LogP contribution in [-0.2, 0) is 0 Å². The first kappa shape index (κ1) is 11.1. The van der Waals surface area contributed by atoms with E-state index in [-0.39, 0.29) is 6.10 Å². The minimum atomic E-state index is -0.255. The van der Waals surface area contributed by atoms with Crippen LogP contribution >= 0.6 is 0 Å². The van der Waals surface area contributed by atoms with Crippen LogP contribution in [0, 0.1) is 13.8 Å². The Labute approximate surface area is 86.0 Å². The van der Waals surface area contributed by atoms with E-state index >= 15 is 0 Å². The molecule has 2 nitrogen and oxygen atoms in total. The van der Waals surface area contributed by atoms with E-state index in [0.29, 0.717) is 6.54 Å². The molecule has 0 unspecified atom stereocenters. The molecule has 78 valence electrons. The van der Waals surface area contributed by atoms with E-state index in [4.69, 9.17) is 0 Å². The molecule has 0 aliphatic rings. The molecule has 2 N–H and O–H groups in total. The lowest BCUT2D eigenvalue weighted by molar-refractivity contribution is 0.183. The predicted octanol–water partition coefficient (Wildman–Crippen LogP) is 2.49. The van der Waals surface area contributed by atoms with Crippen molar-refractivity contribution in [2.75, 3.05) is 11.9 Å². The predicted molar refractivity (Wildman–Crippen MR) is 60.7 cm³/mol. The van der Waals surface area contributed by atoms with Crippen molar-refractivity contribution in [2.45, 2.75) is 33.3 Å². The molecule has 1 rings (SSSR count). The zero-order valence-electron chi connectivity index (χ0n) is 9.17. The highest BCUT2D eigenvalue weighted by molar-refractivity contribution is 5.52. The Morgan fingerprint density at radius 3 is 2.71 bits per heavy atom. The number of nitrogens with one attached hydrogen (secondary N) is 1. The highest BCUT2D eigenvalue weighted by Crippen LogP contribution is 2.16. The number of benzene rings is 1. The van der Waals surface area contributed by atoms with Crippen LogP contribution in [0.5, 0.6) is 0 Å². The summed E-state index contributed by atoms with van der Waals surface area (Å²) in [5, 5.41) is 12.7. The Kier molecular flexibility index (Phi) is 3.96. The third kappa shape index (κ3) is 3.04. The maximum Gasteiger partial charge on any atom is 0.0709 e. The second-order valence-corrected chi connectivity index (χ2v) is 3.76. The van der Waals surface area contributed by atoms with Gasteiger partial charge in [-0.05, 0) is 37.5 Å². The number of hydrogen-bond donors (Lipinski definition) is 2. The van der Waals surface area contributed by atoms with Gasteiger partial charge in [-0.25, -0.2) is 0 Å². The lowest BCUT2D eigenvalue weighted by atomic mass is 10.1. The molecule has 0 bridgehead atoms. The summed E-state index contributed by atoms with van der Waals surface area (Å²) in [6.45, 7) is 6.75. The highest BCUT2D eigenvalue weighted by Gasteiger charge is 2.02. The molecule has 0 fully saturated rings. The molecule has 14 heavy (non-hydrogen) atoms. The lowest BCUT2D eigenvalue weighted by Crippen LogP contribution is -2.18. The number of aliphatic hydroxyl groups is 1. The molecule has 1 aromatic carbocycles. The van der Waals surface area contributed by atoms with Gasteiger partial charge in [0.2, 0.25) is 0 Å². The topological polar surface area (TPSA) is 32.3 Å². The minimum absolute atomic E-state index is 0.255. The van der Waals surface area contributed by atoms with E-state index in [1.54, 1.807) is 0 Å². The molecule has 0 spiro atoms. The quantitative estimate of drug-likeness (QED) is 0.770. The van der Waals surface area contributed by atoms with Crippen molar-refractivity contribution in [2.24, 2.45) is 0 Å². The van der Waals surface area contributed by atoms with Crippen LogP contribution in [0.2, 0.25) is 0 Å². The summed E-state index contributed by atoms with van der Waals surface area (Å²) in [6, 6.07) is 6.30. The Morgan fingerprint density at radius 2 is 2.07 bits per heavy atom. The Bertz CT molecular complexity index is 296. The van der Waals surface area contributed by atoms with Crippen LogP contribution in [0.1, 0.15) is 24.5 Å². The van der Waals surface area contributed by atoms with Crippen molar-refractivity contribution in [3.63, 3.8) is 0 Å². The third-order valence-electron chi connectivity index (χ3n) is 2.39. The van der Waals surface area contributed by atoms with Crippen molar-refractivity contribution < 1.29 is 5.11 Å². The molecular formula is C12H19NO. The van der Waals surface area contributed by atoms with Gasteiger partial charge in [0.05, 0.1) is 6.10 Å². The van der Waals surface area contributed by atoms with Crippen molar-refractivity contribution in [1.29, 1.82) is 0 Å². The summed E-state index contributed by atoms with van der Waals surface area (Å²) >= 11 is 0. The average Bonchev–Trinajstić information content (AvgIpc) is 2.19. The smallest absolute Gasteiger partial charge is 0.0709 e. The van der Waals surface area contributed by atoms with Gasteiger partial charge in [-0.3, -0.25) is 0 Å². The van der Waals surface area contributed by atoms with Gasteiger partial charge >= 0.3 is 0 Å². The van der Waals surface area contributed by atoms with E-state index in [1.165, 1.54) is 11.1 Å². The number of rotatable bonds is 4. The maximum atomic E-state index is 9.42. The van der Waals surface area contributed by atoms with Gasteiger partial charge < -0.3 is 10.4 Å². The minimum Gasteiger partial charge on any atom is -0.391 e. The van der Waals surface area contributed by atoms with E-state index in [9.17, 15) is 5.11 Å². The zero-order valence-corrected chi connectivity index (χ0v) is 9.17. The number of hydrogen-bond acceptors (Lipinski definition) is 2. The van der Waals surface area contributed by atoms with Crippen molar-refractivity contribution in [1.82, 2.24) is 0 Å². The van der Waals surface area contributed by atoms with E-state index in [1.807, 2.05) is 6.92 Å². The summed E-state index contributed by atoms with van der Waals surface area (Å²) in [7, 11) is 0. The molecule has 0 aliphatic carbocycles. The number of anilines is 1. The van der Waals surface area contributed by atoms with Crippen LogP contribution in [0.3, 0.4) is 0 Å². The third-order valence-corrected chi connectivity index (χ3v) is 2.39. The van der Waals surface area contributed by atoms with Crippen LogP contribution < -0.4 is 5.32 Å². The SMILES string of the molecule is CC[C@@H](O)CNc1cc(C)ccc1C. The van der Waals surface area contributed by atoms with E-state index < -0.39 is 0 Å². The summed E-state index contributed by atoms with van der Waals surface area (Å²) in [5.41, 5.74) is 3.58. The fourth-order valence-corrected chi connectivity index (χ4v) is 1.30. The van der Waals surface area contributed by atoms with Crippen molar-refractivity contribution >= 4 is 5.69 Å². The van der Waals surface area contributed by atoms with Gasteiger partial charge in [0.1, 0.15) is 0 Å². The number of aryl methyl sites for hydroxylation is 2. The van der Waals surface area contributed by atoms with Gasteiger partial charge in [0.15, 0.2) is 0 Å². The zero-order chi connectivity index (χ0) is 10.6. The Morgan fingerprint density at radius 1 is 1.36 bits per heavy atom. The summed E-state index contributed by atoms with van der Waals surface area (Å²) in [5.74, 6) is 0. The fraction of sp³-hybridized carbons (Fsp3) is 0.500. The molecule has 0 aromatic heterocycles. The normalized spacial score (nSPS) is 12.6. The van der Waals surface area contributed by atoms with Crippen molar-refractivity contribution in [3.8, 4) is 0 Å². The second-order valence-electron chi connectivity index (χ2n) is 3.76. The van der Waals surface area contributed by atoms with Gasteiger partial charge in [0, 0.05) is 12.2 Å². The Balaban J connectivity index is 2.62. The molecule has 0 saturated heterocycles. The van der Waals surface area contributed by atoms with Crippen LogP contribution in [0.15, 0.2) is 18.2 Å². The lowest BCUT2D eigenvalue weighted by Gasteiger charge is -2.13. The average molecular weight is 193 g/mol. The van der Waals surface area contributed by atoms with Gasteiger partial charge in [-0.1, -0.05) is 19.1 Å². The van der Waals surface area contributed by atoms with Gasteiger partial charge in [0.25, 0.3) is 0 Å².